The minimum absolute atomic E-state index is 0.180. The van der Waals surface area contributed by atoms with E-state index in [2.05, 4.69) is 25.9 Å². The van der Waals surface area contributed by atoms with Crippen molar-refractivity contribution in [2.45, 2.75) is 13.3 Å². The highest BCUT2D eigenvalue weighted by atomic mass is 79.9. The van der Waals surface area contributed by atoms with Crippen molar-refractivity contribution in [1.82, 2.24) is 9.97 Å². The van der Waals surface area contributed by atoms with E-state index in [1.165, 1.54) is 0 Å². The van der Waals surface area contributed by atoms with E-state index in [1.807, 2.05) is 25.1 Å². The minimum atomic E-state index is 0.180. The SMILES string of the molecule is CCCOc1ccccc1Oc1nc(N)cc(Br)n1. The number of halogens is 1. The topological polar surface area (TPSA) is 70.3 Å². The molecule has 1 heterocycles. The van der Waals surface area contributed by atoms with Gasteiger partial charge in [0.1, 0.15) is 10.4 Å². The van der Waals surface area contributed by atoms with E-state index in [0.717, 1.165) is 6.42 Å². The summed E-state index contributed by atoms with van der Waals surface area (Å²) < 4.78 is 11.8. The first-order valence-electron chi connectivity index (χ1n) is 5.88. The van der Waals surface area contributed by atoms with Crippen LogP contribution in [-0.4, -0.2) is 16.6 Å². The number of rotatable bonds is 5. The molecule has 0 spiro atoms. The van der Waals surface area contributed by atoms with Crippen LogP contribution in [0.4, 0.5) is 5.82 Å². The van der Waals surface area contributed by atoms with Gasteiger partial charge in [-0.3, -0.25) is 0 Å². The molecule has 0 aliphatic heterocycles. The van der Waals surface area contributed by atoms with Crippen LogP contribution >= 0.6 is 15.9 Å². The standard InChI is InChI=1S/C13H14BrN3O2/c1-2-7-18-9-5-3-4-6-10(9)19-13-16-11(14)8-12(15)17-13/h3-6,8H,2,7H2,1H3,(H2,15,16,17). The molecule has 0 radical (unpaired) electrons. The lowest BCUT2D eigenvalue weighted by molar-refractivity contribution is 0.299. The summed E-state index contributed by atoms with van der Waals surface area (Å²) in [6.45, 7) is 2.67. The molecule has 0 amide bonds. The Kier molecular flexibility index (Phi) is 4.57. The monoisotopic (exact) mass is 323 g/mol. The molecule has 6 heteroatoms. The molecule has 0 aliphatic rings. The Balaban J connectivity index is 2.22. The van der Waals surface area contributed by atoms with Crippen molar-refractivity contribution in [3.63, 3.8) is 0 Å². The van der Waals surface area contributed by atoms with Crippen LogP contribution in [0, 0.1) is 0 Å². The third-order valence-corrected chi connectivity index (χ3v) is 2.61. The van der Waals surface area contributed by atoms with E-state index in [4.69, 9.17) is 15.2 Å². The number of nitrogen functional groups attached to an aromatic ring is 1. The Morgan fingerprint density at radius 3 is 2.63 bits per heavy atom. The fourth-order valence-corrected chi connectivity index (χ4v) is 1.81. The van der Waals surface area contributed by atoms with E-state index in [1.54, 1.807) is 12.1 Å². The molecular formula is C13H14BrN3O2. The summed E-state index contributed by atoms with van der Waals surface area (Å²) in [5.41, 5.74) is 5.64. The van der Waals surface area contributed by atoms with Crippen LogP contribution in [0.2, 0.25) is 0 Å². The highest BCUT2D eigenvalue weighted by Crippen LogP contribution is 2.30. The van der Waals surface area contributed by atoms with Gasteiger partial charge in [-0.15, -0.1) is 0 Å². The van der Waals surface area contributed by atoms with Crippen molar-refractivity contribution in [3.05, 3.63) is 34.9 Å². The van der Waals surface area contributed by atoms with Crippen molar-refractivity contribution < 1.29 is 9.47 Å². The van der Waals surface area contributed by atoms with Crippen LogP contribution in [0.3, 0.4) is 0 Å². The van der Waals surface area contributed by atoms with Crippen molar-refractivity contribution >= 4 is 21.7 Å². The minimum Gasteiger partial charge on any atom is -0.490 e. The van der Waals surface area contributed by atoms with Crippen molar-refractivity contribution in [2.24, 2.45) is 0 Å². The number of nitrogens with zero attached hydrogens (tertiary/aromatic N) is 2. The molecule has 19 heavy (non-hydrogen) atoms. The molecule has 2 rings (SSSR count). The van der Waals surface area contributed by atoms with Gasteiger partial charge < -0.3 is 15.2 Å². The highest BCUT2D eigenvalue weighted by molar-refractivity contribution is 9.10. The lowest BCUT2D eigenvalue weighted by Crippen LogP contribution is -2.00. The summed E-state index contributed by atoms with van der Waals surface area (Å²) in [5, 5.41) is 0. The summed E-state index contributed by atoms with van der Waals surface area (Å²) >= 11 is 3.24. The Morgan fingerprint density at radius 1 is 1.21 bits per heavy atom. The summed E-state index contributed by atoms with van der Waals surface area (Å²) in [5.74, 6) is 1.56. The third-order valence-electron chi connectivity index (χ3n) is 2.21. The normalized spacial score (nSPS) is 10.2. The van der Waals surface area contributed by atoms with Crippen LogP contribution in [0.5, 0.6) is 17.5 Å². The van der Waals surface area contributed by atoms with Crippen molar-refractivity contribution in [2.75, 3.05) is 12.3 Å². The number of aromatic nitrogens is 2. The van der Waals surface area contributed by atoms with Gasteiger partial charge in [0, 0.05) is 6.07 Å². The van der Waals surface area contributed by atoms with E-state index in [0.29, 0.717) is 28.5 Å². The Labute approximate surface area is 119 Å². The van der Waals surface area contributed by atoms with Crippen LogP contribution in [0.15, 0.2) is 34.9 Å². The first-order chi connectivity index (χ1) is 9.19. The Hall–Kier alpha value is -1.82. The maximum absolute atomic E-state index is 5.64. The lowest BCUT2D eigenvalue weighted by atomic mass is 10.3. The van der Waals surface area contributed by atoms with Gasteiger partial charge in [0.15, 0.2) is 11.5 Å². The number of hydrogen-bond donors (Lipinski definition) is 1. The van der Waals surface area contributed by atoms with Gasteiger partial charge in [-0.2, -0.15) is 9.97 Å². The lowest BCUT2D eigenvalue weighted by Gasteiger charge is -2.10. The third kappa shape index (κ3) is 3.82. The molecule has 2 aromatic rings. The number of nitrogens with two attached hydrogens (primary N) is 1. The number of ether oxygens (including phenoxy) is 2. The van der Waals surface area contributed by atoms with Crippen LogP contribution in [0.25, 0.3) is 0 Å². The maximum atomic E-state index is 5.64. The second kappa shape index (κ2) is 6.38. The summed E-state index contributed by atoms with van der Waals surface area (Å²) in [6.07, 6.45) is 0.925. The van der Waals surface area contributed by atoms with Gasteiger partial charge in [0.2, 0.25) is 0 Å². The summed E-state index contributed by atoms with van der Waals surface area (Å²) in [4.78, 5) is 8.11. The fraction of sp³-hybridized carbons (Fsp3) is 0.231. The first kappa shape index (κ1) is 13.6. The number of hydrogen-bond acceptors (Lipinski definition) is 5. The second-order valence-electron chi connectivity index (χ2n) is 3.80. The predicted molar refractivity (Wildman–Crippen MR) is 76.4 cm³/mol. The fourth-order valence-electron chi connectivity index (χ4n) is 1.42. The van der Waals surface area contributed by atoms with Crippen molar-refractivity contribution in [1.29, 1.82) is 0 Å². The van der Waals surface area contributed by atoms with Crippen LogP contribution in [0.1, 0.15) is 13.3 Å². The largest absolute Gasteiger partial charge is 0.490 e. The number of para-hydroxylation sites is 2. The molecule has 0 unspecified atom stereocenters. The molecule has 0 bridgehead atoms. The summed E-state index contributed by atoms with van der Waals surface area (Å²) in [7, 11) is 0. The average Bonchev–Trinajstić information content (AvgIpc) is 2.36. The van der Waals surface area contributed by atoms with E-state index < -0.39 is 0 Å². The van der Waals surface area contributed by atoms with E-state index >= 15 is 0 Å². The predicted octanol–water partition coefficient (Wildman–Crippen LogP) is 3.40. The van der Waals surface area contributed by atoms with Crippen LogP contribution in [-0.2, 0) is 0 Å². The molecule has 1 aromatic heterocycles. The summed E-state index contributed by atoms with van der Waals surface area (Å²) in [6, 6.07) is 9.16. The molecule has 100 valence electrons. The van der Waals surface area contributed by atoms with E-state index in [-0.39, 0.29) is 6.01 Å². The van der Waals surface area contributed by atoms with Gasteiger partial charge in [-0.25, -0.2) is 0 Å². The molecule has 0 saturated heterocycles. The number of benzene rings is 1. The van der Waals surface area contributed by atoms with Gasteiger partial charge >= 0.3 is 6.01 Å². The first-order valence-corrected chi connectivity index (χ1v) is 6.68. The van der Waals surface area contributed by atoms with Crippen LogP contribution < -0.4 is 15.2 Å². The average molecular weight is 324 g/mol. The molecule has 0 fully saturated rings. The maximum Gasteiger partial charge on any atom is 0.325 e. The molecular weight excluding hydrogens is 310 g/mol. The van der Waals surface area contributed by atoms with Gasteiger partial charge in [0.25, 0.3) is 0 Å². The van der Waals surface area contributed by atoms with E-state index in [9.17, 15) is 0 Å². The van der Waals surface area contributed by atoms with Gasteiger partial charge in [-0.05, 0) is 34.5 Å². The van der Waals surface area contributed by atoms with Crippen molar-refractivity contribution in [3.8, 4) is 17.5 Å². The molecule has 0 aliphatic carbocycles. The molecule has 0 saturated carbocycles. The smallest absolute Gasteiger partial charge is 0.325 e. The zero-order valence-corrected chi connectivity index (χ0v) is 12.1. The Morgan fingerprint density at radius 2 is 1.95 bits per heavy atom. The zero-order chi connectivity index (χ0) is 13.7. The molecule has 5 nitrogen and oxygen atoms in total. The molecule has 1 aromatic carbocycles. The van der Waals surface area contributed by atoms with Gasteiger partial charge in [0.05, 0.1) is 6.61 Å². The number of anilines is 1. The second-order valence-corrected chi connectivity index (χ2v) is 4.61. The zero-order valence-electron chi connectivity index (χ0n) is 10.5. The Bertz CT molecular complexity index is 543. The molecule has 2 N–H and O–H groups in total. The highest BCUT2D eigenvalue weighted by Gasteiger charge is 2.08. The molecule has 0 atom stereocenters. The quantitative estimate of drug-likeness (QED) is 0.854. The van der Waals surface area contributed by atoms with Gasteiger partial charge in [-0.1, -0.05) is 19.1 Å².